The minimum atomic E-state index is -0.220. The summed E-state index contributed by atoms with van der Waals surface area (Å²) in [5.41, 5.74) is 2.99. The van der Waals surface area contributed by atoms with Crippen LogP contribution in [0.3, 0.4) is 0 Å². The predicted molar refractivity (Wildman–Crippen MR) is 100 cm³/mol. The lowest BCUT2D eigenvalue weighted by Gasteiger charge is -2.16. The van der Waals surface area contributed by atoms with Crippen LogP contribution in [0.4, 0.5) is 4.79 Å². The number of hydrogen-bond acceptors (Lipinski definition) is 3. The summed E-state index contributed by atoms with van der Waals surface area (Å²) in [5, 5.41) is 5.81. The van der Waals surface area contributed by atoms with E-state index < -0.39 is 0 Å². The number of carbonyl (C=O) groups excluding carboxylic acids is 1. The standard InChI is InChI=1S/C20H22N4O2/c1-15(16-7-9-18(10-8-16)24-12-11-21-14-24)23-20(25)22-13-17-5-3-4-6-19(17)26-2/h3-12,14-15H,13H2,1-2H3,(H2,22,23,25)/t15-/m0/s1. The van der Waals surface area contributed by atoms with E-state index >= 15 is 0 Å². The van der Waals surface area contributed by atoms with E-state index in [-0.39, 0.29) is 12.1 Å². The van der Waals surface area contributed by atoms with E-state index in [0.717, 1.165) is 22.6 Å². The Morgan fingerprint density at radius 1 is 1.19 bits per heavy atom. The van der Waals surface area contributed by atoms with Gasteiger partial charge in [-0.3, -0.25) is 0 Å². The smallest absolute Gasteiger partial charge is 0.315 e. The van der Waals surface area contributed by atoms with Crippen LogP contribution in [0.1, 0.15) is 24.1 Å². The SMILES string of the molecule is COc1ccccc1CNC(=O)N[C@@H](C)c1ccc(-n2ccnc2)cc1. The van der Waals surface area contributed by atoms with Gasteiger partial charge < -0.3 is 19.9 Å². The number of nitrogens with one attached hydrogen (secondary N) is 2. The van der Waals surface area contributed by atoms with Gasteiger partial charge in [0.2, 0.25) is 0 Å². The second kappa shape index (κ2) is 8.20. The lowest BCUT2D eigenvalue weighted by molar-refractivity contribution is 0.237. The minimum absolute atomic E-state index is 0.107. The largest absolute Gasteiger partial charge is 0.496 e. The van der Waals surface area contributed by atoms with E-state index in [9.17, 15) is 4.79 Å². The van der Waals surface area contributed by atoms with E-state index in [2.05, 4.69) is 15.6 Å². The first-order chi connectivity index (χ1) is 12.7. The number of benzene rings is 2. The van der Waals surface area contributed by atoms with Crippen molar-refractivity contribution in [3.05, 3.63) is 78.4 Å². The Hall–Kier alpha value is -3.28. The fourth-order valence-electron chi connectivity index (χ4n) is 2.70. The molecule has 1 heterocycles. The van der Waals surface area contributed by atoms with E-state index in [4.69, 9.17) is 4.74 Å². The first-order valence-corrected chi connectivity index (χ1v) is 8.42. The number of rotatable bonds is 6. The maximum atomic E-state index is 12.2. The Morgan fingerprint density at radius 2 is 1.96 bits per heavy atom. The first kappa shape index (κ1) is 17.5. The summed E-state index contributed by atoms with van der Waals surface area (Å²) < 4.78 is 7.22. The van der Waals surface area contributed by atoms with Crippen LogP contribution in [-0.2, 0) is 6.54 Å². The monoisotopic (exact) mass is 350 g/mol. The Labute approximate surface area is 152 Å². The molecule has 3 aromatic rings. The highest BCUT2D eigenvalue weighted by molar-refractivity contribution is 5.74. The van der Waals surface area contributed by atoms with Crippen molar-refractivity contribution in [2.45, 2.75) is 19.5 Å². The van der Waals surface area contributed by atoms with Gasteiger partial charge in [0.05, 0.1) is 19.5 Å². The van der Waals surface area contributed by atoms with Crippen LogP contribution in [0.5, 0.6) is 5.75 Å². The van der Waals surface area contributed by atoms with Crippen LogP contribution in [0.25, 0.3) is 5.69 Å². The summed E-state index contributed by atoms with van der Waals surface area (Å²) in [6, 6.07) is 15.3. The van der Waals surface area contributed by atoms with Crippen molar-refractivity contribution in [2.75, 3.05) is 7.11 Å². The third-order valence-electron chi connectivity index (χ3n) is 4.18. The number of methoxy groups -OCH3 is 1. The zero-order valence-corrected chi connectivity index (χ0v) is 14.8. The van der Waals surface area contributed by atoms with Crippen molar-refractivity contribution in [3.63, 3.8) is 0 Å². The molecule has 134 valence electrons. The van der Waals surface area contributed by atoms with Gasteiger partial charge in [-0.1, -0.05) is 30.3 Å². The topological polar surface area (TPSA) is 68.2 Å². The molecule has 0 aliphatic rings. The Bertz CT molecular complexity index is 845. The van der Waals surface area contributed by atoms with Crippen molar-refractivity contribution in [2.24, 2.45) is 0 Å². The van der Waals surface area contributed by atoms with Gasteiger partial charge in [0.1, 0.15) is 5.75 Å². The summed E-state index contributed by atoms with van der Waals surface area (Å²) >= 11 is 0. The van der Waals surface area contributed by atoms with Gasteiger partial charge >= 0.3 is 6.03 Å². The minimum Gasteiger partial charge on any atom is -0.496 e. The lowest BCUT2D eigenvalue weighted by atomic mass is 10.1. The van der Waals surface area contributed by atoms with E-state index in [1.54, 1.807) is 19.6 Å². The van der Waals surface area contributed by atoms with E-state index in [1.165, 1.54) is 0 Å². The first-order valence-electron chi connectivity index (χ1n) is 8.42. The number of ether oxygens (including phenoxy) is 1. The van der Waals surface area contributed by atoms with Gasteiger partial charge in [-0.05, 0) is 30.7 Å². The van der Waals surface area contributed by atoms with Crippen LogP contribution < -0.4 is 15.4 Å². The van der Waals surface area contributed by atoms with Crippen LogP contribution in [0.2, 0.25) is 0 Å². The summed E-state index contributed by atoms with van der Waals surface area (Å²) in [7, 11) is 1.62. The summed E-state index contributed by atoms with van der Waals surface area (Å²) in [6.45, 7) is 2.36. The Morgan fingerprint density at radius 3 is 2.65 bits per heavy atom. The lowest BCUT2D eigenvalue weighted by Crippen LogP contribution is -2.36. The number of nitrogens with zero attached hydrogens (tertiary/aromatic N) is 2. The molecule has 1 atom stereocenters. The highest BCUT2D eigenvalue weighted by Gasteiger charge is 2.10. The van der Waals surface area contributed by atoms with E-state index in [0.29, 0.717) is 6.54 Å². The third-order valence-corrected chi connectivity index (χ3v) is 4.18. The molecule has 0 saturated carbocycles. The maximum Gasteiger partial charge on any atom is 0.315 e. The highest BCUT2D eigenvalue weighted by atomic mass is 16.5. The number of urea groups is 1. The normalized spacial score (nSPS) is 11.6. The van der Waals surface area contributed by atoms with Gasteiger partial charge in [-0.25, -0.2) is 9.78 Å². The zero-order valence-electron chi connectivity index (χ0n) is 14.8. The molecule has 0 radical (unpaired) electrons. The molecule has 0 saturated heterocycles. The van der Waals surface area contributed by atoms with Crippen LogP contribution in [0, 0.1) is 0 Å². The molecule has 0 fully saturated rings. The Kier molecular flexibility index (Phi) is 5.53. The summed E-state index contributed by atoms with van der Waals surface area (Å²) in [6.07, 6.45) is 5.38. The molecular formula is C20H22N4O2. The fourth-order valence-corrected chi connectivity index (χ4v) is 2.70. The van der Waals surface area contributed by atoms with Crippen molar-refractivity contribution >= 4 is 6.03 Å². The molecule has 0 aliphatic carbocycles. The molecule has 6 nitrogen and oxygen atoms in total. The molecule has 2 aromatic carbocycles. The van der Waals surface area contributed by atoms with Crippen LogP contribution in [-0.4, -0.2) is 22.7 Å². The highest BCUT2D eigenvalue weighted by Crippen LogP contribution is 2.17. The summed E-state index contributed by atoms with van der Waals surface area (Å²) in [5.74, 6) is 0.760. The quantitative estimate of drug-likeness (QED) is 0.715. The van der Waals surface area contributed by atoms with Crippen molar-refractivity contribution < 1.29 is 9.53 Å². The molecule has 1 aromatic heterocycles. The molecule has 0 unspecified atom stereocenters. The third kappa shape index (κ3) is 4.22. The number of imidazole rings is 1. The van der Waals surface area contributed by atoms with Crippen LogP contribution >= 0.6 is 0 Å². The van der Waals surface area contributed by atoms with Gasteiger partial charge in [0, 0.05) is 30.2 Å². The molecule has 0 bridgehead atoms. The fraction of sp³-hybridized carbons (Fsp3) is 0.200. The summed E-state index contributed by atoms with van der Waals surface area (Å²) in [4.78, 5) is 16.2. The average Bonchev–Trinajstić information content (AvgIpc) is 3.21. The number of amides is 2. The maximum absolute atomic E-state index is 12.2. The van der Waals surface area contributed by atoms with Gasteiger partial charge in [0.15, 0.2) is 0 Å². The second-order valence-corrected chi connectivity index (χ2v) is 5.92. The van der Waals surface area contributed by atoms with E-state index in [1.807, 2.05) is 66.2 Å². The van der Waals surface area contributed by atoms with Gasteiger partial charge in [0.25, 0.3) is 0 Å². The number of carbonyl (C=O) groups is 1. The molecule has 6 heteroatoms. The van der Waals surface area contributed by atoms with Crippen LogP contribution in [0.15, 0.2) is 67.3 Å². The van der Waals surface area contributed by atoms with Crippen molar-refractivity contribution in [1.29, 1.82) is 0 Å². The Balaban J connectivity index is 1.55. The second-order valence-electron chi connectivity index (χ2n) is 5.92. The molecule has 2 amide bonds. The molecule has 0 aliphatic heterocycles. The molecule has 26 heavy (non-hydrogen) atoms. The number of hydrogen-bond donors (Lipinski definition) is 2. The average molecular weight is 350 g/mol. The number of aromatic nitrogens is 2. The molecular weight excluding hydrogens is 328 g/mol. The predicted octanol–water partition coefficient (Wildman–Crippen LogP) is 3.44. The van der Waals surface area contributed by atoms with Gasteiger partial charge in [-0.2, -0.15) is 0 Å². The van der Waals surface area contributed by atoms with Gasteiger partial charge in [-0.15, -0.1) is 0 Å². The zero-order chi connectivity index (χ0) is 18.4. The number of para-hydroxylation sites is 1. The molecule has 0 spiro atoms. The molecule has 3 rings (SSSR count). The molecule has 2 N–H and O–H groups in total. The van der Waals surface area contributed by atoms with Crippen molar-refractivity contribution in [3.8, 4) is 11.4 Å². The van der Waals surface area contributed by atoms with Crippen molar-refractivity contribution in [1.82, 2.24) is 20.2 Å².